The molecule has 0 aliphatic carbocycles. The van der Waals surface area contributed by atoms with Crippen LogP contribution in [0.4, 0.5) is 0 Å². The Morgan fingerprint density at radius 2 is 2.16 bits per heavy atom. The van der Waals surface area contributed by atoms with E-state index in [-0.39, 0.29) is 6.54 Å². The van der Waals surface area contributed by atoms with Crippen molar-refractivity contribution in [1.29, 1.82) is 0 Å². The SMILES string of the molecule is CCNC(=NCC(O)c1ccco1)NCCc1cc(C)ccc1OC. The highest BCUT2D eigenvalue weighted by atomic mass is 16.5. The van der Waals surface area contributed by atoms with Crippen molar-refractivity contribution in [3.63, 3.8) is 0 Å². The van der Waals surface area contributed by atoms with Gasteiger partial charge in [-0.1, -0.05) is 17.7 Å². The summed E-state index contributed by atoms with van der Waals surface area (Å²) in [6, 6.07) is 9.65. The van der Waals surface area contributed by atoms with E-state index in [2.05, 4.69) is 28.6 Å². The van der Waals surface area contributed by atoms with Gasteiger partial charge in [0.15, 0.2) is 5.96 Å². The third-order valence-corrected chi connectivity index (χ3v) is 3.76. The van der Waals surface area contributed by atoms with Gasteiger partial charge in [0, 0.05) is 13.1 Å². The average Bonchev–Trinajstić information content (AvgIpc) is 3.14. The number of aliphatic hydroxyl groups excluding tert-OH is 1. The van der Waals surface area contributed by atoms with Crippen molar-refractivity contribution in [2.75, 3.05) is 26.7 Å². The molecule has 2 rings (SSSR count). The number of aliphatic hydroxyl groups is 1. The average molecular weight is 345 g/mol. The number of hydrogen-bond acceptors (Lipinski definition) is 4. The van der Waals surface area contributed by atoms with Gasteiger partial charge in [0.25, 0.3) is 0 Å². The molecule has 1 unspecified atom stereocenters. The topological polar surface area (TPSA) is 79.0 Å². The fourth-order valence-electron chi connectivity index (χ4n) is 2.51. The molecule has 0 amide bonds. The largest absolute Gasteiger partial charge is 0.496 e. The number of rotatable bonds is 8. The molecular weight excluding hydrogens is 318 g/mol. The van der Waals surface area contributed by atoms with Gasteiger partial charge in [-0.05, 0) is 44.0 Å². The summed E-state index contributed by atoms with van der Waals surface area (Å²) >= 11 is 0. The van der Waals surface area contributed by atoms with Crippen molar-refractivity contribution < 1.29 is 14.3 Å². The first kappa shape index (κ1) is 18.9. The monoisotopic (exact) mass is 345 g/mol. The molecule has 0 saturated heterocycles. The van der Waals surface area contributed by atoms with Crippen molar-refractivity contribution in [3.05, 3.63) is 53.5 Å². The number of nitrogens with one attached hydrogen (secondary N) is 2. The predicted molar refractivity (Wildman–Crippen MR) is 99.1 cm³/mol. The number of benzene rings is 1. The molecule has 0 fully saturated rings. The van der Waals surface area contributed by atoms with Gasteiger partial charge in [-0.2, -0.15) is 0 Å². The lowest BCUT2D eigenvalue weighted by Crippen LogP contribution is -2.38. The van der Waals surface area contributed by atoms with Crippen molar-refractivity contribution in [2.45, 2.75) is 26.4 Å². The van der Waals surface area contributed by atoms with Crippen LogP contribution < -0.4 is 15.4 Å². The summed E-state index contributed by atoms with van der Waals surface area (Å²) in [7, 11) is 1.68. The van der Waals surface area contributed by atoms with E-state index in [1.54, 1.807) is 25.5 Å². The molecule has 0 spiro atoms. The van der Waals surface area contributed by atoms with E-state index in [1.165, 1.54) is 5.56 Å². The minimum atomic E-state index is -0.748. The first-order valence-corrected chi connectivity index (χ1v) is 8.51. The van der Waals surface area contributed by atoms with E-state index in [1.807, 2.05) is 19.1 Å². The fraction of sp³-hybridized carbons (Fsp3) is 0.421. The summed E-state index contributed by atoms with van der Waals surface area (Å²) in [5.41, 5.74) is 2.36. The molecule has 0 aliphatic rings. The number of methoxy groups -OCH3 is 1. The number of nitrogens with zero attached hydrogens (tertiary/aromatic N) is 1. The van der Waals surface area contributed by atoms with E-state index in [0.717, 1.165) is 24.3 Å². The predicted octanol–water partition coefficient (Wildman–Crippen LogP) is 2.43. The van der Waals surface area contributed by atoms with Crippen LogP contribution in [0.25, 0.3) is 0 Å². The molecule has 0 aliphatic heterocycles. The van der Waals surface area contributed by atoms with E-state index in [9.17, 15) is 5.11 Å². The van der Waals surface area contributed by atoms with Gasteiger partial charge in [-0.15, -0.1) is 0 Å². The van der Waals surface area contributed by atoms with Crippen LogP contribution in [0.5, 0.6) is 5.75 Å². The lowest BCUT2D eigenvalue weighted by molar-refractivity contribution is 0.158. The van der Waals surface area contributed by atoms with Gasteiger partial charge >= 0.3 is 0 Å². The third kappa shape index (κ3) is 5.83. The normalized spacial score (nSPS) is 12.7. The second kappa shape index (κ2) is 9.74. The Morgan fingerprint density at radius 3 is 2.84 bits per heavy atom. The Hall–Kier alpha value is -2.47. The van der Waals surface area contributed by atoms with Gasteiger partial charge in [-0.25, -0.2) is 0 Å². The highest BCUT2D eigenvalue weighted by Gasteiger charge is 2.10. The quantitative estimate of drug-likeness (QED) is 0.506. The van der Waals surface area contributed by atoms with Gasteiger partial charge < -0.3 is 24.9 Å². The van der Waals surface area contributed by atoms with Crippen molar-refractivity contribution in [3.8, 4) is 5.75 Å². The standard InChI is InChI=1S/C19H27N3O3/c1-4-20-19(22-13-16(23)18-6-5-11-25-18)21-10-9-15-12-14(2)7-8-17(15)24-3/h5-8,11-12,16,23H,4,9-10,13H2,1-3H3,(H2,20,21,22). The zero-order chi connectivity index (χ0) is 18.1. The lowest BCUT2D eigenvalue weighted by Gasteiger charge is -2.14. The Kier molecular flexibility index (Phi) is 7.35. The number of ether oxygens (including phenoxy) is 1. The molecule has 1 heterocycles. The molecule has 1 aromatic heterocycles. The molecule has 6 nitrogen and oxygen atoms in total. The van der Waals surface area contributed by atoms with Crippen molar-refractivity contribution in [2.24, 2.45) is 4.99 Å². The van der Waals surface area contributed by atoms with Gasteiger partial charge in [0.05, 0.1) is 19.9 Å². The third-order valence-electron chi connectivity index (χ3n) is 3.76. The highest BCUT2D eigenvalue weighted by Crippen LogP contribution is 2.19. The molecular formula is C19H27N3O3. The molecule has 1 atom stereocenters. The van der Waals surface area contributed by atoms with E-state index >= 15 is 0 Å². The molecule has 0 saturated carbocycles. The van der Waals surface area contributed by atoms with Crippen LogP contribution in [0.2, 0.25) is 0 Å². The van der Waals surface area contributed by atoms with Crippen LogP contribution in [0, 0.1) is 6.92 Å². The Morgan fingerprint density at radius 1 is 1.32 bits per heavy atom. The minimum Gasteiger partial charge on any atom is -0.496 e. The molecule has 6 heteroatoms. The van der Waals surface area contributed by atoms with Crippen LogP contribution in [-0.4, -0.2) is 37.8 Å². The Balaban J connectivity index is 1.91. The second-order valence-corrected chi connectivity index (χ2v) is 5.74. The van der Waals surface area contributed by atoms with Crippen LogP contribution in [0.3, 0.4) is 0 Å². The zero-order valence-electron chi connectivity index (χ0n) is 15.1. The lowest BCUT2D eigenvalue weighted by atomic mass is 10.1. The number of aryl methyl sites for hydroxylation is 1. The summed E-state index contributed by atoms with van der Waals surface area (Å²) in [6.07, 6.45) is 1.61. The Bertz CT molecular complexity index is 669. The number of furan rings is 1. The van der Waals surface area contributed by atoms with Gasteiger partial charge in [0.2, 0.25) is 0 Å². The first-order chi connectivity index (χ1) is 12.1. The molecule has 3 N–H and O–H groups in total. The van der Waals surface area contributed by atoms with Gasteiger partial charge in [-0.3, -0.25) is 4.99 Å². The van der Waals surface area contributed by atoms with Crippen LogP contribution in [-0.2, 0) is 6.42 Å². The minimum absolute atomic E-state index is 0.233. The molecule has 1 aromatic carbocycles. The number of hydrogen-bond donors (Lipinski definition) is 3. The van der Waals surface area contributed by atoms with Crippen LogP contribution >= 0.6 is 0 Å². The summed E-state index contributed by atoms with van der Waals surface area (Å²) < 4.78 is 10.6. The van der Waals surface area contributed by atoms with E-state index < -0.39 is 6.10 Å². The van der Waals surface area contributed by atoms with E-state index in [0.29, 0.717) is 18.3 Å². The summed E-state index contributed by atoms with van der Waals surface area (Å²) in [4.78, 5) is 4.41. The number of aliphatic imine (C=N–C) groups is 1. The highest BCUT2D eigenvalue weighted by molar-refractivity contribution is 5.79. The molecule has 0 bridgehead atoms. The van der Waals surface area contributed by atoms with Crippen molar-refractivity contribution >= 4 is 5.96 Å². The molecule has 0 radical (unpaired) electrons. The molecule has 25 heavy (non-hydrogen) atoms. The summed E-state index contributed by atoms with van der Waals surface area (Å²) in [6.45, 7) is 5.76. The maximum absolute atomic E-state index is 10.1. The van der Waals surface area contributed by atoms with Crippen molar-refractivity contribution in [1.82, 2.24) is 10.6 Å². The van der Waals surface area contributed by atoms with E-state index in [4.69, 9.17) is 9.15 Å². The van der Waals surface area contributed by atoms with Crippen LogP contribution in [0.1, 0.15) is 29.9 Å². The zero-order valence-corrected chi connectivity index (χ0v) is 15.1. The first-order valence-electron chi connectivity index (χ1n) is 8.51. The fourth-order valence-corrected chi connectivity index (χ4v) is 2.51. The maximum atomic E-state index is 10.1. The van der Waals surface area contributed by atoms with Gasteiger partial charge in [0.1, 0.15) is 17.6 Å². The smallest absolute Gasteiger partial charge is 0.191 e. The summed E-state index contributed by atoms with van der Waals surface area (Å²) in [5, 5.41) is 16.5. The molecule has 2 aromatic rings. The molecule has 136 valence electrons. The number of guanidine groups is 1. The maximum Gasteiger partial charge on any atom is 0.191 e. The summed E-state index contributed by atoms with van der Waals surface area (Å²) in [5.74, 6) is 2.08. The Labute approximate surface area is 148 Å². The van der Waals surface area contributed by atoms with Crippen LogP contribution in [0.15, 0.2) is 46.0 Å². The second-order valence-electron chi connectivity index (χ2n) is 5.74.